The van der Waals surface area contributed by atoms with Gasteiger partial charge in [-0.3, -0.25) is 0 Å². The predicted molar refractivity (Wildman–Crippen MR) is 47.3 cm³/mol. The minimum Gasteiger partial charge on any atom is -0.497 e. The molecule has 12 heavy (non-hydrogen) atoms. The SMILES string of the molecule is COc1ccc(CC(C)F)cc1. The minimum absolute atomic E-state index is 0.476. The molecule has 1 nitrogen and oxygen atoms in total. The van der Waals surface area contributed by atoms with E-state index in [0.29, 0.717) is 6.42 Å². The van der Waals surface area contributed by atoms with Crippen LogP contribution in [0.25, 0.3) is 0 Å². The summed E-state index contributed by atoms with van der Waals surface area (Å²) >= 11 is 0. The summed E-state index contributed by atoms with van der Waals surface area (Å²) in [5.74, 6) is 0.810. The number of hydrogen-bond acceptors (Lipinski definition) is 1. The average Bonchev–Trinajstić information content (AvgIpc) is 2.05. The van der Waals surface area contributed by atoms with Crippen molar-refractivity contribution >= 4 is 0 Å². The molecule has 1 rings (SSSR count). The fourth-order valence-electron chi connectivity index (χ4n) is 1.09. The van der Waals surface area contributed by atoms with Crippen LogP contribution >= 0.6 is 0 Å². The third kappa shape index (κ3) is 2.53. The van der Waals surface area contributed by atoms with Crippen molar-refractivity contribution < 1.29 is 9.13 Å². The van der Waals surface area contributed by atoms with Gasteiger partial charge in [-0.25, -0.2) is 4.39 Å². The molecule has 0 saturated heterocycles. The normalized spacial score (nSPS) is 12.6. The number of benzene rings is 1. The van der Waals surface area contributed by atoms with Crippen LogP contribution in [-0.2, 0) is 6.42 Å². The highest BCUT2D eigenvalue weighted by atomic mass is 19.1. The molecule has 0 spiro atoms. The molecule has 1 aromatic rings. The molecule has 2 heteroatoms. The molecule has 0 radical (unpaired) electrons. The second kappa shape index (κ2) is 4.10. The fourth-order valence-corrected chi connectivity index (χ4v) is 1.09. The van der Waals surface area contributed by atoms with E-state index in [9.17, 15) is 4.39 Å². The van der Waals surface area contributed by atoms with Crippen molar-refractivity contribution in [3.05, 3.63) is 29.8 Å². The summed E-state index contributed by atoms with van der Waals surface area (Å²) in [5, 5.41) is 0. The molecule has 1 unspecified atom stereocenters. The van der Waals surface area contributed by atoms with E-state index in [4.69, 9.17) is 4.74 Å². The van der Waals surface area contributed by atoms with E-state index >= 15 is 0 Å². The first-order valence-corrected chi connectivity index (χ1v) is 3.99. The van der Waals surface area contributed by atoms with Gasteiger partial charge in [0, 0.05) is 6.42 Å². The highest BCUT2D eigenvalue weighted by Crippen LogP contribution is 2.13. The summed E-state index contributed by atoms with van der Waals surface area (Å²) < 4.78 is 17.5. The van der Waals surface area contributed by atoms with Gasteiger partial charge in [-0.05, 0) is 24.6 Å². The maximum Gasteiger partial charge on any atom is 0.118 e. The molecule has 0 N–H and O–H groups in total. The summed E-state index contributed by atoms with van der Waals surface area (Å²) in [5.41, 5.74) is 1.01. The second-order valence-corrected chi connectivity index (χ2v) is 2.83. The van der Waals surface area contributed by atoms with Gasteiger partial charge >= 0.3 is 0 Å². The molecule has 0 aliphatic carbocycles. The van der Waals surface area contributed by atoms with Crippen LogP contribution in [0.4, 0.5) is 4.39 Å². The predicted octanol–water partition coefficient (Wildman–Crippen LogP) is 2.60. The number of halogens is 1. The van der Waals surface area contributed by atoms with Crippen LogP contribution < -0.4 is 4.74 Å². The van der Waals surface area contributed by atoms with E-state index in [2.05, 4.69) is 0 Å². The van der Waals surface area contributed by atoms with Gasteiger partial charge in [-0.15, -0.1) is 0 Å². The van der Waals surface area contributed by atoms with E-state index in [1.54, 1.807) is 14.0 Å². The van der Waals surface area contributed by atoms with Crippen molar-refractivity contribution in [1.82, 2.24) is 0 Å². The zero-order valence-corrected chi connectivity index (χ0v) is 7.38. The summed E-state index contributed by atoms with van der Waals surface area (Å²) in [6.07, 6.45) is -0.303. The molecular formula is C10H13FO. The fraction of sp³-hybridized carbons (Fsp3) is 0.400. The van der Waals surface area contributed by atoms with Gasteiger partial charge in [0.1, 0.15) is 11.9 Å². The van der Waals surface area contributed by atoms with E-state index in [0.717, 1.165) is 11.3 Å². The first kappa shape index (κ1) is 9.04. The minimum atomic E-state index is -0.779. The molecule has 0 aliphatic rings. The largest absolute Gasteiger partial charge is 0.497 e. The van der Waals surface area contributed by atoms with E-state index in [1.807, 2.05) is 24.3 Å². The molecule has 66 valence electrons. The summed E-state index contributed by atoms with van der Waals surface area (Å²) in [6, 6.07) is 7.46. The molecule has 0 heterocycles. The van der Waals surface area contributed by atoms with Gasteiger partial charge in [0.2, 0.25) is 0 Å². The lowest BCUT2D eigenvalue weighted by atomic mass is 10.1. The van der Waals surface area contributed by atoms with Crippen LogP contribution in [0.1, 0.15) is 12.5 Å². The van der Waals surface area contributed by atoms with Crippen molar-refractivity contribution in [2.45, 2.75) is 19.5 Å². The van der Waals surface area contributed by atoms with Crippen LogP contribution in [0.15, 0.2) is 24.3 Å². The summed E-state index contributed by atoms with van der Waals surface area (Å²) in [6.45, 7) is 1.56. The quantitative estimate of drug-likeness (QED) is 0.674. The Hall–Kier alpha value is -1.05. The summed E-state index contributed by atoms with van der Waals surface area (Å²) in [7, 11) is 1.62. The Labute approximate surface area is 72.2 Å². The first-order valence-electron chi connectivity index (χ1n) is 3.99. The molecule has 0 fully saturated rings. The highest BCUT2D eigenvalue weighted by molar-refractivity contribution is 5.27. The second-order valence-electron chi connectivity index (χ2n) is 2.83. The Morgan fingerprint density at radius 2 is 1.92 bits per heavy atom. The zero-order chi connectivity index (χ0) is 8.97. The number of rotatable bonds is 3. The van der Waals surface area contributed by atoms with Crippen molar-refractivity contribution in [3.63, 3.8) is 0 Å². The zero-order valence-electron chi connectivity index (χ0n) is 7.38. The Balaban J connectivity index is 2.65. The number of alkyl halides is 1. The third-order valence-electron chi connectivity index (χ3n) is 1.68. The first-order chi connectivity index (χ1) is 5.72. The molecule has 1 aromatic carbocycles. The molecule has 0 aromatic heterocycles. The van der Waals surface area contributed by atoms with Crippen molar-refractivity contribution in [1.29, 1.82) is 0 Å². The number of methoxy groups -OCH3 is 1. The maximum atomic E-state index is 12.5. The molecule has 0 aliphatic heterocycles. The Bertz CT molecular complexity index is 228. The molecule has 0 amide bonds. The van der Waals surface area contributed by atoms with Crippen molar-refractivity contribution in [2.75, 3.05) is 7.11 Å². The van der Waals surface area contributed by atoms with Crippen LogP contribution in [0.3, 0.4) is 0 Å². The molecule has 0 bridgehead atoms. The maximum absolute atomic E-state index is 12.5. The van der Waals surface area contributed by atoms with Gasteiger partial charge in [0.15, 0.2) is 0 Å². The lowest BCUT2D eigenvalue weighted by Crippen LogP contribution is -1.97. The average molecular weight is 168 g/mol. The molecular weight excluding hydrogens is 155 g/mol. The highest BCUT2D eigenvalue weighted by Gasteiger charge is 2.00. The van der Waals surface area contributed by atoms with E-state index in [1.165, 1.54) is 0 Å². The van der Waals surface area contributed by atoms with Gasteiger partial charge in [-0.1, -0.05) is 12.1 Å². The van der Waals surface area contributed by atoms with Crippen molar-refractivity contribution in [2.24, 2.45) is 0 Å². The summed E-state index contributed by atoms with van der Waals surface area (Å²) in [4.78, 5) is 0. The Kier molecular flexibility index (Phi) is 3.09. The number of ether oxygens (including phenoxy) is 1. The third-order valence-corrected chi connectivity index (χ3v) is 1.68. The van der Waals surface area contributed by atoms with Gasteiger partial charge in [-0.2, -0.15) is 0 Å². The lowest BCUT2D eigenvalue weighted by Gasteiger charge is -2.03. The standard InChI is InChI=1S/C10H13FO/c1-8(11)7-9-3-5-10(12-2)6-4-9/h3-6,8H,7H2,1-2H3. The molecule has 1 atom stereocenters. The van der Waals surface area contributed by atoms with Crippen LogP contribution in [0, 0.1) is 0 Å². The Morgan fingerprint density at radius 3 is 2.33 bits per heavy atom. The van der Waals surface area contributed by atoms with Crippen LogP contribution in [0.5, 0.6) is 5.75 Å². The van der Waals surface area contributed by atoms with E-state index in [-0.39, 0.29) is 0 Å². The number of hydrogen-bond donors (Lipinski definition) is 0. The molecule has 0 saturated carbocycles. The van der Waals surface area contributed by atoms with Gasteiger partial charge in [0.25, 0.3) is 0 Å². The monoisotopic (exact) mass is 168 g/mol. The van der Waals surface area contributed by atoms with Crippen molar-refractivity contribution in [3.8, 4) is 5.75 Å². The van der Waals surface area contributed by atoms with Crippen LogP contribution in [0.2, 0.25) is 0 Å². The topological polar surface area (TPSA) is 9.23 Å². The van der Waals surface area contributed by atoms with Gasteiger partial charge in [0.05, 0.1) is 7.11 Å². The Morgan fingerprint density at radius 1 is 1.33 bits per heavy atom. The van der Waals surface area contributed by atoms with Gasteiger partial charge < -0.3 is 4.74 Å². The van der Waals surface area contributed by atoms with Crippen LogP contribution in [-0.4, -0.2) is 13.3 Å². The smallest absolute Gasteiger partial charge is 0.118 e. The lowest BCUT2D eigenvalue weighted by molar-refractivity contribution is 0.360. The van der Waals surface area contributed by atoms with E-state index < -0.39 is 6.17 Å².